The predicted molar refractivity (Wildman–Crippen MR) is 175 cm³/mol. The summed E-state index contributed by atoms with van der Waals surface area (Å²) in [5.41, 5.74) is 0.0370. The molecule has 9 nitrogen and oxygen atoms in total. The van der Waals surface area contributed by atoms with Crippen LogP contribution in [0.15, 0.2) is 30.5 Å². The van der Waals surface area contributed by atoms with Crippen molar-refractivity contribution in [3.63, 3.8) is 0 Å². The number of ether oxygens (including phenoxy) is 3. The Morgan fingerprint density at radius 1 is 1.06 bits per heavy atom. The van der Waals surface area contributed by atoms with Crippen molar-refractivity contribution >= 4 is 27.5 Å². The topological polar surface area (TPSA) is 93.1 Å². The molecule has 8 rings (SSSR count). The zero-order valence-corrected chi connectivity index (χ0v) is 27.1. The number of fused-ring (bicyclic) bond motifs is 3. The number of hydrogen-bond donors (Lipinski definition) is 1. The summed E-state index contributed by atoms with van der Waals surface area (Å²) in [5.74, 6) is -0.738. The van der Waals surface area contributed by atoms with Gasteiger partial charge in [0.2, 0.25) is 0 Å². The van der Waals surface area contributed by atoms with Crippen LogP contribution in [0, 0.1) is 17.0 Å². The fraction of sp³-hybridized carbons (Fsp3) is 0.528. The molecule has 4 saturated heterocycles. The van der Waals surface area contributed by atoms with Crippen LogP contribution < -0.4 is 9.64 Å². The van der Waals surface area contributed by atoms with Crippen molar-refractivity contribution in [3.05, 3.63) is 47.7 Å². The van der Waals surface area contributed by atoms with Gasteiger partial charge < -0.3 is 24.2 Å². The van der Waals surface area contributed by atoms with Crippen LogP contribution in [0.4, 0.5) is 19.0 Å². The molecule has 0 bridgehead atoms. The molecule has 4 aliphatic heterocycles. The summed E-state index contributed by atoms with van der Waals surface area (Å²) in [7, 11) is 0. The first-order valence-electron chi connectivity index (χ1n) is 17.0. The molecule has 0 saturated carbocycles. The second-order valence-corrected chi connectivity index (χ2v) is 13.9. The minimum atomic E-state index is -0.921. The largest absolute Gasteiger partial charge is 0.508 e. The lowest BCUT2D eigenvalue weighted by atomic mass is 9.80. The number of pyridine rings is 1. The Balaban J connectivity index is 1.27. The highest BCUT2D eigenvalue weighted by molar-refractivity contribution is 6.01. The second kappa shape index (κ2) is 12.3. The smallest absolute Gasteiger partial charge is 0.319 e. The highest BCUT2D eigenvalue weighted by Crippen LogP contribution is 2.43. The number of aryl methyl sites for hydroxylation is 1. The van der Waals surface area contributed by atoms with Gasteiger partial charge in [0.15, 0.2) is 5.82 Å². The van der Waals surface area contributed by atoms with E-state index in [0.29, 0.717) is 86.4 Å². The van der Waals surface area contributed by atoms with Gasteiger partial charge >= 0.3 is 6.01 Å². The molecule has 0 unspecified atom stereocenters. The number of nitrogens with zero attached hydrogens (tertiary/aromatic N) is 5. The van der Waals surface area contributed by atoms with Gasteiger partial charge in [-0.3, -0.25) is 9.88 Å². The molecule has 1 N–H and O–H groups in total. The van der Waals surface area contributed by atoms with E-state index in [1.165, 1.54) is 18.2 Å². The average molecular weight is 664 g/mol. The van der Waals surface area contributed by atoms with Crippen LogP contribution in [0.5, 0.6) is 11.8 Å². The number of anilines is 1. The zero-order valence-electron chi connectivity index (χ0n) is 27.1. The molecule has 0 radical (unpaired) electrons. The van der Waals surface area contributed by atoms with Crippen molar-refractivity contribution in [3.8, 4) is 23.0 Å². The molecular weight excluding hydrogens is 623 g/mol. The molecule has 2 aromatic heterocycles. The summed E-state index contributed by atoms with van der Waals surface area (Å²) in [6.07, 6.45) is 4.81. The number of rotatable bonds is 6. The highest BCUT2D eigenvalue weighted by Gasteiger charge is 2.49. The van der Waals surface area contributed by atoms with Gasteiger partial charge in [-0.25, -0.2) is 13.2 Å². The van der Waals surface area contributed by atoms with Crippen LogP contribution in [0.25, 0.3) is 32.9 Å². The van der Waals surface area contributed by atoms with E-state index in [4.69, 9.17) is 19.2 Å². The SMILES string of the molecule is CCc1c(F)ccc2cc(O)cc(-c3ncc4c(N5CCOCC6(CCOCC6)C5)nc(OC[C@@]56CCCN5C[C@H](F)C6)nc4c3F)c12. The fourth-order valence-corrected chi connectivity index (χ4v) is 8.48. The first kappa shape index (κ1) is 31.5. The maximum Gasteiger partial charge on any atom is 0.319 e. The van der Waals surface area contributed by atoms with E-state index in [-0.39, 0.29) is 40.6 Å². The molecule has 12 heteroatoms. The average Bonchev–Trinajstić information content (AvgIpc) is 3.53. The third-order valence-corrected chi connectivity index (χ3v) is 10.9. The van der Waals surface area contributed by atoms with Crippen molar-refractivity contribution in [2.45, 2.75) is 57.2 Å². The van der Waals surface area contributed by atoms with E-state index >= 15 is 8.78 Å². The monoisotopic (exact) mass is 663 g/mol. The Kier molecular flexibility index (Phi) is 8.08. The molecule has 4 aliphatic rings. The van der Waals surface area contributed by atoms with E-state index in [9.17, 15) is 9.50 Å². The normalized spacial score (nSPS) is 24.4. The van der Waals surface area contributed by atoms with Crippen LogP contribution >= 0.6 is 0 Å². The lowest BCUT2D eigenvalue weighted by Crippen LogP contribution is -2.44. The van der Waals surface area contributed by atoms with Crippen LogP contribution in [-0.2, 0) is 15.9 Å². The number of halogens is 3. The number of benzene rings is 2. The van der Waals surface area contributed by atoms with Crippen molar-refractivity contribution in [2.24, 2.45) is 5.41 Å². The molecule has 254 valence electrons. The van der Waals surface area contributed by atoms with Gasteiger partial charge in [-0.05, 0) is 73.2 Å². The number of phenols is 1. The molecule has 0 amide bonds. The molecule has 4 fully saturated rings. The first-order valence-corrected chi connectivity index (χ1v) is 17.0. The standard InChI is InChI=1S/C36H40F3N5O4/c1-2-25-28(38)5-4-22-14-24(45)15-26(29(22)25)31-30(39)32-27(17-40-31)33(43-10-13-47-20-35(19-43)7-11-46-12-8-35)42-34(41-32)48-21-36-6-3-9-44(36)18-23(37)16-36/h4-5,14-15,17,23,45H,2-3,6-13,16,18-21H2,1H3/t23-,36+/m1/s1. The summed E-state index contributed by atoms with van der Waals surface area (Å²) >= 11 is 0. The zero-order chi connectivity index (χ0) is 33.0. The third-order valence-electron chi connectivity index (χ3n) is 10.9. The summed E-state index contributed by atoms with van der Waals surface area (Å²) < 4.78 is 64.7. The Morgan fingerprint density at radius 3 is 2.75 bits per heavy atom. The number of phenolic OH excluding ortho intramolecular Hbond substituents is 1. The third kappa shape index (κ3) is 5.42. The molecule has 48 heavy (non-hydrogen) atoms. The Hall–Kier alpha value is -3.74. The van der Waals surface area contributed by atoms with Crippen molar-refractivity contribution in [1.29, 1.82) is 0 Å². The van der Waals surface area contributed by atoms with Crippen molar-refractivity contribution in [2.75, 3.05) is 64.1 Å². The lowest BCUT2D eigenvalue weighted by molar-refractivity contribution is -0.0240. The summed E-state index contributed by atoms with van der Waals surface area (Å²) in [6.45, 7) is 6.72. The lowest BCUT2D eigenvalue weighted by Gasteiger charge is -2.38. The Morgan fingerprint density at radius 2 is 1.92 bits per heavy atom. The molecule has 0 aliphatic carbocycles. The fourth-order valence-electron chi connectivity index (χ4n) is 8.48. The van der Waals surface area contributed by atoms with Gasteiger partial charge in [-0.1, -0.05) is 13.0 Å². The van der Waals surface area contributed by atoms with Crippen molar-refractivity contribution < 1.29 is 32.5 Å². The van der Waals surface area contributed by atoms with Crippen LogP contribution in [0.1, 0.15) is 44.6 Å². The molecule has 6 heterocycles. The maximum atomic E-state index is 17.0. The van der Waals surface area contributed by atoms with E-state index in [1.807, 2.05) is 6.92 Å². The van der Waals surface area contributed by atoms with Gasteiger partial charge in [0.25, 0.3) is 0 Å². The van der Waals surface area contributed by atoms with E-state index < -0.39 is 23.3 Å². The quantitative estimate of drug-likeness (QED) is 0.268. The minimum Gasteiger partial charge on any atom is -0.508 e. The molecule has 1 spiro atoms. The second-order valence-electron chi connectivity index (χ2n) is 13.9. The number of alkyl halides is 1. The van der Waals surface area contributed by atoms with Gasteiger partial charge in [0, 0.05) is 56.4 Å². The number of hydrogen-bond acceptors (Lipinski definition) is 9. The molecule has 2 atom stereocenters. The summed E-state index contributed by atoms with van der Waals surface area (Å²) in [4.78, 5) is 18.4. The van der Waals surface area contributed by atoms with Crippen LogP contribution in [0.2, 0.25) is 0 Å². The number of aromatic nitrogens is 3. The van der Waals surface area contributed by atoms with E-state index in [0.717, 1.165) is 32.2 Å². The van der Waals surface area contributed by atoms with E-state index in [2.05, 4.69) is 19.8 Å². The molecular formula is C36H40F3N5O4. The van der Waals surface area contributed by atoms with Gasteiger partial charge in [-0.15, -0.1) is 0 Å². The first-order chi connectivity index (χ1) is 23.3. The minimum absolute atomic E-state index is 0.00401. The van der Waals surface area contributed by atoms with E-state index in [1.54, 1.807) is 12.3 Å². The number of aromatic hydroxyl groups is 1. The highest BCUT2D eigenvalue weighted by atomic mass is 19.1. The molecule has 2 aromatic carbocycles. The Bertz CT molecular complexity index is 1870. The van der Waals surface area contributed by atoms with Crippen LogP contribution in [-0.4, -0.2) is 95.9 Å². The van der Waals surface area contributed by atoms with Gasteiger partial charge in [0.05, 0.1) is 24.1 Å². The summed E-state index contributed by atoms with van der Waals surface area (Å²) in [6, 6.07) is 5.88. The van der Waals surface area contributed by atoms with Gasteiger partial charge in [0.1, 0.15) is 41.4 Å². The summed E-state index contributed by atoms with van der Waals surface area (Å²) in [5, 5.41) is 12.1. The Labute approximate surface area is 277 Å². The van der Waals surface area contributed by atoms with Crippen LogP contribution in [0.3, 0.4) is 0 Å². The molecule has 4 aromatic rings. The maximum absolute atomic E-state index is 17.0. The van der Waals surface area contributed by atoms with Gasteiger partial charge in [-0.2, -0.15) is 9.97 Å². The van der Waals surface area contributed by atoms with Crippen molar-refractivity contribution in [1.82, 2.24) is 19.9 Å². The predicted octanol–water partition coefficient (Wildman–Crippen LogP) is 5.98.